The van der Waals surface area contributed by atoms with Crippen LogP contribution in [0.1, 0.15) is 1.43 Å². The quantitative estimate of drug-likeness (QED) is 0.292. The first-order valence-electron chi connectivity index (χ1n) is 4.03. The fraction of sp³-hybridized carbons (Fsp3) is 0.500. The Labute approximate surface area is 83.9 Å². The van der Waals surface area contributed by atoms with Gasteiger partial charge in [-0.1, -0.05) is 13.2 Å². The number of nitrogens with zero attached hydrogens (tertiary/aromatic N) is 1. The molecule has 0 aliphatic carbocycles. The molecule has 0 saturated heterocycles. The van der Waals surface area contributed by atoms with E-state index in [1.165, 1.54) is 0 Å². The molecule has 1 nitrogen and oxygen atoms in total. The molecule has 0 aromatic carbocycles. The molecule has 0 aliphatic rings. The lowest BCUT2D eigenvalue weighted by Gasteiger charge is -2.26. The van der Waals surface area contributed by atoms with Crippen molar-refractivity contribution in [3.8, 4) is 0 Å². The van der Waals surface area contributed by atoms with Crippen molar-refractivity contribution >= 4 is 7.25 Å². The van der Waals surface area contributed by atoms with E-state index < -0.39 is 7.25 Å². The van der Waals surface area contributed by atoms with Gasteiger partial charge in [-0.2, -0.15) is 0 Å². The fourth-order valence-electron chi connectivity index (χ4n) is 0.774. The van der Waals surface area contributed by atoms with Crippen LogP contribution in [0.4, 0.5) is 17.3 Å². The zero-order chi connectivity index (χ0) is 11.8. The largest absolute Gasteiger partial charge is 1.00 e. The van der Waals surface area contributed by atoms with Crippen molar-refractivity contribution in [3.05, 3.63) is 25.3 Å². The SMILES string of the molecule is C=CC[N+](C)(C)CC=C.F[B-](F)(F)F.[H+]. The van der Waals surface area contributed by atoms with Gasteiger partial charge in [-0.15, -0.1) is 0 Å². The van der Waals surface area contributed by atoms with E-state index in [1.54, 1.807) is 0 Å². The molecule has 0 spiro atoms. The summed E-state index contributed by atoms with van der Waals surface area (Å²) < 4.78 is 40.0. The Morgan fingerprint density at radius 2 is 1.29 bits per heavy atom. The van der Waals surface area contributed by atoms with Crippen molar-refractivity contribution < 1.29 is 23.2 Å². The zero-order valence-corrected chi connectivity index (χ0v) is 8.52. The summed E-state index contributed by atoms with van der Waals surface area (Å²) in [7, 11) is -1.69. The smallest absolute Gasteiger partial charge is 0.418 e. The number of hydrogen-bond acceptors (Lipinski definition) is 0. The summed E-state index contributed by atoms with van der Waals surface area (Å²) >= 11 is 0. The number of rotatable bonds is 4. The summed E-state index contributed by atoms with van der Waals surface area (Å²) in [5.74, 6) is 0. The number of likely N-dealkylation sites (N-methyl/N-ethyl adjacent to an activating group) is 1. The molecule has 0 bridgehead atoms. The second kappa shape index (κ2) is 6.65. The van der Waals surface area contributed by atoms with Crippen molar-refractivity contribution in [1.82, 2.24) is 0 Å². The van der Waals surface area contributed by atoms with Crippen molar-refractivity contribution in [2.24, 2.45) is 0 Å². The third-order valence-electron chi connectivity index (χ3n) is 1.25. The maximum absolute atomic E-state index is 9.75. The average Bonchev–Trinajstić information content (AvgIpc) is 1.81. The van der Waals surface area contributed by atoms with Crippen LogP contribution in [-0.2, 0) is 0 Å². The Hall–Kier alpha value is -0.775. The van der Waals surface area contributed by atoms with E-state index in [1.807, 2.05) is 12.2 Å². The topological polar surface area (TPSA) is 0 Å². The van der Waals surface area contributed by atoms with E-state index in [9.17, 15) is 17.3 Å². The summed E-state index contributed by atoms with van der Waals surface area (Å²) in [6.45, 7) is 9.37. The van der Waals surface area contributed by atoms with Crippen LogP contribution in [0.25, 0.3) is 0 Å². The van der Waals surface area contributed by atoms with Gasteiger partial charge < -0.3 is 21.7 Å². The molecule has 0 aromatic rings. The minimum atomic E-state index is -6.00. The molecule has 84 valence electrons. The molecular formula is C8H17BF4N+. The number of hydrogen-bond donors (Lipinski definition) is 0. The molecule has 0 rings (SSSR count). The maximum Gasteiger partial charge on any atom is 1.00 e. The Morgan fingerprint density at radius 3 is 1.43 bits per heavy atom. The highest BCUT2D eigenvalue weighted by molar-refractivity contribution is 6.50. The third kappa shape index (κ3) is 22.5. The molecule has 0 saturated carbocycles. The van der Waals surface area contributed by atoms with Gasteiger partial charge in [0, 0.05) is 0 Å². The summed E-state index contributed by atoms with van der Waals surface area (Å²) in [5, 5.41) is 0. The van der Waals surface area contributed by atoms with Crippen LogP contribution in [0.3, 0.4) is 0 Å². The minimum absolute atomic E-state index is 0. The van der Waals surface area contributed by atoms with E-state index in [4.69, 9.17) is 0 Å². The molecule has 0 radical (unpaired) electrons. The van der Waals surface area contributed by atoms with Gasteiger partial charge in [0.1, 0.15) is 0 Å². The lowest BCUT2D eigenvalue weighted by Crippen LogP contribution is -2.39. The molecule has 0 aliphatic heterocycles. The first-order chi connectivity index (χ1) is 6.12. The zero-order valence-electron chi connectivity index (χ0n) is 9.52. The van der Waals surface area contributed by atoms with Crippen molar-refractivity contribution in [2.45, 2.75) is 0 Å². The lowest BCUT2D eigenvalue weighted by atomic mass is 10.3. The molecule has 0 heterocycles. The van der Waals surface area contributed by atoms with Gasteiger partial charge in [-0.25, -0.2) is 0 Å². The Bertz CT molecular complexity index is 164. The van der Waals surface area contributed by atoms with Gasteiger partial charge in [0.05, 0.1) is 27.2 Å². The minimum Gasteiger partial charge on any atom is -0.418 e. The first-order valence-corrected chi connectivity index (χ1v) is 4.03. The average molecular weight is 214 g/mol. The molecule has 6 heteroatoms. The van der Waals surface area contributed by atoms with E-state index in [0.29, 0.717) is 0 Å². The molecule has 0 atom stereocenters. The molecule has 0 fully saturated rings. The fourth-order valence-corrected chi connectivity index (χ4v) is 0.774. The van der Waals surface area contributed by atoms with Crippen LogP contribution in [0.5, 0.6) is 0 Å². The Kier molecular flexibility index (Phi) is 7.45. The van der Waals surface area contributed by atoms with Crippen LogP contribution in [-0.4, -0.2) is 38.9 Å². The standard InChI is InChI=1S/C8H16N.BF4/c1-5-7-9(3,4)8-6-2;2-1(3,4)5/h5-6H,1-2,7-8H2,3-4H3;/q+1;-1/p+1. The monoisotopic (exact) mass is 214 g/mol. The van der Waals surface area contributed by atoms with E-state index in [0.717, 1.165) is 17.6 Å². The van der Waals surface area contributed by atoms with E-state index >= 15 is 0 Å². The molecule has 0 aromatic heterocycles. The molecule has 0 amide bonds. The predicted octanol–water partition coefficient (Wildman–Crippen LogP) is 2.85. The number of halogens is 4. The molecular weight excluding hydrogens is 197 g/mol. The highest BCUT2D eigenvalue weighted by atomic mass is 19.5. The summed E-state index contributed by atoms with van der Waals surface area (Å²) in [6, 6.07) is 0. The molecule has 14 heavy (non-hydrogen) atoms. The Morgan fingerprint density at radius 1 is 1.07 bits per heavy atom. The number of quaternary nitrogens is 1. The summed E-state index contributed by atoms with van der Waals surface area (Å²) in [5.41, 5.74) is 0. The van der Waals surface area contributed by atoms with Gasteiger partial charge in [0.15, 0.2) is 0 Å². The van der Waals surface area contributed by atoms with Crippen LogP contribution < -0.4 is 0 Å². The van der Waals surface area contributed by atoms with Gasteiger partial charge >= 0.3 is 8.68 Å². The summed E-state index contributed by atoms with van der Waals surface area (Å²) in [4.78, 5) is 0. The second-order valence-electron chi connectivity index (χ2n) is 3.37. The lowest BCUT2D eigenvalue weighted by molar-refractivity contribution is -0.878. The van der Waals surface area contributed by atoms with Gasteiger partial charge in [0.2, 0.25) is 0 Å². The highest BCUT2D eigenvalue weighted by Gasteiger charge is 2.20. The van der Waals surface area contributed by atoms with E-state index in [-0.39, 0.29) is 1.43 Å². The van der Waals surface area contributed by atoms with Gasteiger partial charge in [-0.3, -0.25) is 0 Å². The van der Waals surface area contributed by atoms with Crippen LogP contribution >= 0.6 is 0 Å². The van der Waals surface area contributed by atoms with Crippen LogP contribution in [0.2, 0.25) is 0 Å². The third-order valence-corrected chi connectivity index (χ3v) is 1.25. The summed E-state index contributed by atoms with van der Waals surface area (Å²) in [6.07, 6.45) is 3.87. The highest BCUT2D eigenvalue weighted by Crippen LogP contribution is 2.06. The van der Waals surface area contributed by atoms with Crippen LogP contribution in [0, 0.1) is 0 Å². The Balaban J connectivity index is -0.000000208. The first kappa shape index (κ1) is 15.7. The second-order valence-corrected chi connectivity index (χ2v) is 3.37. The van der Waals surface area contributed by atoms with Crippen molar-refractivity contribution in [1.29, 1.82) is 0 Å². The van der Waals surface area contributed by atoms with Crippen LogP contribution in [0.15, 0.2) is 25.3 Å². The van der Waals surface area contributed by atoms with Gasteiger partial charge in [0.25, 0.3) is 0 Å². The van der Waals surface area contributed by atoms with Gasteiger partial charge in [-0.05, 0) is 12.2 Å². The maximum atomic E-state index is 9.75. The van der Waals surface area contributed by atoms with Crippen molar-refractivity contribution in [3.63, 3.8) is 0 Å². The normalized spacial score (nSPS) is 11.3. The predicted molar refractivity (Wildman–Crippen MR) is 53.5 cm³/mol. The molecule has 0 N–H and O–H groups in total. The van der Waals surface area contributed by atoms with E-state index in [2.05, 4.69) is 27.3 Å². The van der Waals surface area contributed by atoms with Crippen molar-refractivity contribution in [2.75, 3.05) is 27.2 Å². The molecule has 0 unspecified atom stereocenters.